The maximum Gasteiger partial charge on any atom is 0.348 e. The first-order valence-electron chi connectivity index (χ1n) is 7.36. The zero-order valence-corrected chi connectivity index (χ0v) is 13.3. The first kappa shape index (κ1) is 15.1. The van der Waals surface area contributed by atoms with Crippen LogP contribution in [0.15, 0.2) is 24.3 Å². The van der Waals surface area contributed by atoms with E-state index in [1.807, 2.05) is 31.2 Å². The molecule has 1 saturated heterocycles. The first-order valence-corrected chi connectivity index (χ1v) is 8.18. The third-order valence-electron chi connectivity index (χ3n) is 3.76. The number of aryl methyl sites for hydroxylation is 1. The number of carboxylic acids is 1. The monoisotopic (exact) mass is 317 g/mol. The van der Waals surface area contributed by atoms with Crippen LogP contribution in [0.1, 0.15) is 20.2 Å². The fourth-order valence-electron chi connectivity index (χ4n) is 2.54. The lowest BCUT2D eigenvalue weighted by Crippen LogP contribution is -2.42. The van der Waals surface area contributed by atoms with Crippen LogP contribution < -0.4 is 5.32 Å². The summed E-state index contributed by atoms with van der Waals surface area (Å²) in [5.74, 6) is -0.903. The Bertz CT molecular complexity index is 661. The van der Waals surface area contributed by atoms with Gasteiger partial charge in [0.25, 0.3) is 0 Å². The van der Waals surface area contributed by atoms with E-state index >= 15 is 0 Å². The SMILES string of the molecule is Cc1ccc(-c2nc(CN3CCNCC3)sc2C(=O)O)cc1. The number of nitrogens with zero attached hydrogens (tertiary/aromatic N) is 2. The Morgan fingerprint density at radius 3 is 2.64 bits per heavy atom. The van der Waals surface area contributed by atoms with Gasteiger partial charge in [0.15, 0.2) is 0 Å². The molecule has 0 unspecified atom stereocenters. The molecule has 1 aromatic heterocycles. The van der Waals surface area contributed by atoms with Crippen molar-refractivity contribution in [2.45, 2.75) is 13.5 Å². The van der Waals surface area contributed by atoms with Gasteiger partial charge in [0.1, 0.15) is 9.88 Å². The van der Waals surface area contributed by atoms with Crippen molar-refractivity contribution >= 4 is 17.3 Å². The van der Waals surface area contributed by atoms with Gasteiger partial charge in [-0.2, -0.15) is 0 Å². The van der Waals surface area contributed by atoms with Crippen molar-refractivity contribution in [3.8, 4) is 11.3 Å². The maximum absolute atomic E-state index is 11.5. The number of thiazole rings is 1. The van der Waals surface area contributed by atoms with Crippen molar-refractivity contribution in [1.29, 1.82) is 0 Å². The minimum absolute atomic E-state index is 0.328. The average molecular weight is 317 g/mol. The van der Waals surface area contributed by atoms with Crippen LogP contribution in [0.4, 0.5) is 0 Å². The molecule has 3 rings (SSSR count). The molecule has 0 aliphatic carbocycles. The summed E-state index contributed by atoms with van der Waals surface area (Å²) >= 11 is 1.29. The van der Waals surface area contributed by atoms with Crippen LogP contribution >= 0.6 is 11.3 Å². The maximum atomic E-state index is 11.5. The van der Waals surface area contributed by atoms with Crippen LogP contribution in [-0.2, 0) is 6.54 Å². The normalized spacial score (nSPS) is 15.9. The van der Waals surface area contributed by atoms with E-state index in [-0.39, 0.29) is 0 Å². The summed E-state index contributed by atoms with van der Waals surface area (Å²) in [5, 5.41) is 13.6. The summed E-state index contributed by atoms with van der Waals surface area (Å²) in [6, 6.07) is 7.84. The number of aromatic nitrogens is 1. The Labute approximate surface area is 133 Å². The molecule has 0 atom stereocenters. The predicted octanol–water partition coefficient (Wildman–Crippen LogP) is 2.22. The van der Waals surface area contributed by atoms with Crippen LogP contribution in [0.5, 0.6) is 0 Å². The first-order chi connectivity index (χ1) is 10.6. The van der Waals surface area contributed by atoms with Crippen LogP contribution in [0.3, 0.4) is 0 Å². The molecular weight excluding hydrogens is 298 g/mol. The number of rotatable bonds is 4. The number of aromatic carboxylic acids is 1. The molecule has 5 nitrogen and oxygen atoms in total. The Kier molecular flexibility index (Phi) is 4.52. The van der Waals surface area contributed by atoms with Gasteiger partial charge in [-0.25, -0.2) is 9.78 Å². The lowest BCUT2D eigenvalue weighted by Gasteiger charge is -2.26. The molecule has 0 bridgehead atoms. The molecule has 2 heterocycles. The van der Waals surface area contributed by atoms with Gasteiger partial charge >= 0.3 is 5.97 Å². The minimum atomic E-state index is -0.903. The van der Waals surface area contributed by atoms with Crippen molar-refractivity contribution in [2.75, 3.05) is 26.2 Å². The second-order valence-electron chi connectivity index (χ2n) is 5.48. The minimum Gasteiger partial charge on any atom is -0.477 e. The molecule has 6 heteroatoms. The van der Waals surface area contributed by atoms with Crippen molar-refractivity contribution in [3.05, 3.63) is 39.7 Å². The molecule has 1 fully saturated rings. The summed E-state index contributed by atoms with van der Waals surface area (Å²) in [7, 11) is 0. The number of carbonyl (C=O) groups is 1. The number of hydrogen-bond donors (Lipinski definition) is 2. The zero-order valence-electron chi connectivity index (χ0n) is 12.5. The van der Waals surface area contributed by atoms with Gasteiger partial charge in [-0.3, -0.25) is 4.90 Å². The fraction of sp³-hybridized carbons (Fsp3) is 0.375. The molecule has 22 heavy (non-hydrogen) atoms. The summed E-state index contributed by atoms with van der Waals surface area (Å²) in [5.41, 5.74) is 2.60. The van der Waals surface area contributed by atoms with Crippen molar-refractivity contribution in [3.63, 3.8) is 0 Å². The van der Waals surface area contributed by atoms with Gasteiger partial charge in [-0.15, -0.1) is 11.3 Å². The molecular formula is C16H19N3O2S. The second kappa shape index (κ2) is 6.56. The van der Waals surface area contributed by atoms with E-state index < -0.39 is 5.97 Å². The molecule has 2 N–H and O–H groups in total. The lowest BCUT2D eigenvalue weighted by molar-refractivity contribution is 0.0702. The fourth-order valence-corrected chi connectivity index (χ4v) is 3.51. The van der Waals surface area contributed by atoms with Crippen LogP contribution in [0, 0.1) is 6.92 Å². The third kappa shape index (κ3) is 3.35. The summed E-state index contributed by atoms with van der Waals surface area (Å²) in [6.07, 6.45) is 0. The van der Waals surface area contributed by atoms with E-state index in [1.54, 1.807) is 0 Å². The second-order valence-corrected chi connectivity index (χ2v) is 6.57. The van der Waals surface area contributed by atoms with E-state index in [1.165, 1.54) is 11.3 Å². The lowest BCUT2D eigenvalue weighted by atomic mass is 10.1. The molecule has 0 saturated carbocycles. The number of hydrogen-bond acceptors (Lipinski definition) is 5. The van der Waals surface area contributed by atoms with Crippen LogP contribution in [-0.4, -0.2) is 47.1 Å². The van der Waals surface area contributed by atoms with Gasteiger partial charge in [0.05, 0.1) is 12.2 Å². The number of carboxylic acid groups (broad SMARTS) is 1. The average Bonchev–Trinajstić information content (AvgIpc) is 2.93. The molecule has 0 amide bonds. The molecule has 0 spiro atoms. The highest BCUT2D eigenvalue weighted by molar-refractivity contribution is 7.14. The Hall–Kier alpha value is -1.76. The van der Waals surface area contributed by atoms with E-state index in [9.17, 15) is 9.90 Å². The highest BCUT2D eigenvalue weighted by Crippen LogP contribution is 2.29. The molecule has 2 aromatic rings. The molecule has 0 radical (unpaired) electrons. The number of piperazine rings is 1. The van der Waals surface area contributed by atoms with Gasteiger partial charge in [-0.1, -0.05) is 29.8 Å². The number of nitrogens with one attached hydrogen (secondary N) is 1. The third-order valence-corrected chi connectivity index (χ3v) is 4.79. The standard InChI is InChI=1S/C16H19N3O2S/c1-11-2-4-12(5-3-11)14-15(16(20)21)22-13(18-14)10-19-8-6-17-7-9-19/h2-5,17H,6-10H2,1H3,(H,20,21). The van der Waals surface area contributed by atoms with Gasteiger partial charge < -0.3 is 10.4 Å². The van der Waals surface area contributed by atoms with Crippen molar-refractivity contribution in [1.82, 2.24) is 15.2 Å². The van der Waals surface area contributed by atoms with Crippen molar-refractivity contribution < 1.29 is 9.90 Å². The quantitative estimate of drug-likeness (QED) is 0.905. The van der Waals surface area contributed by atoms with Gasteiger partial charge in [0.2, 0.25) is 0 Å². The zero-order chi connectivity index (χ0) is 15.5. The van der Waals surface area contributed by atoms with E-state index in [0.717, 1.165) is 48.9 Å². The van der Waals surface area contributed by atoms with Crippen LogP contribution in [0.2, 0.25) is 0 Å². The predicted molar refractivity (Wildman–Crippen MR) is 87.4 cm³/mol. The summed E-state index contributed by atoms with van der Waals surface area (Å²) < 4.78 is 0. The molecule has 1 aliphatic rings. The highest BCUT2D eigenvalue weighted by Gasteiger charge is 2.20. The van der Waals surface area contributed by atoms with Crippen molar-refractivity contribution in [2.24, 2.45) is 0 Å². The largest absolute Gasteiger partial charge is 0.477 e. The number of benzene rings is 1. The Balaban J connectivity index is 1.88. The summed E-state index contributed by atoms with van der Waals surface area (Å²) in [4.78, 5) is 18.7. The molecule has 116 valence electrons. The van der Waals surface area contributed by atoms with E-state index in [0.29, 0.717) is 10.6 Å². The smallest absolute Gasteiger partial charge is 0.348 e. The van der Waals surface area contributed by atoms with E-state index in [4.69, 9.17) is 0 Å². The molecule has 1 aliphatic heterocycles. The topological polar surface area (TPSA) is 65.5 Å². The van der Waals surface area contributed by atoms with Gasteiger partial charge in [0, 0.05) is 31.7 Å². The Morgan fingerprint density at radius 2 is 2.00 bits per heavy atom. The summed E-state index contributed by atoms with van der Waals surface area (Å²) in [6.45, 7) is 6.63. The van der Waals surface area contributed by atoms with E-state index in [2.05, 4.69) is 15.2 Å². The Morgan fingerprint density at radius 1 is 1.32 bits per heavy atom. The van der Waals surface area contributed by atoms with Crippen LogP contribution in [0.25, 0.3) is 11.3 Å². The molecule has 1 aromatic carbocycles. The van der Waals surface area contributed by atoms with Gasteiger partial charge in [-0.05, 0) is 6.92 Å². The highest BCUT2D eigenvalue weighted by atomic mass is 32.1.